The second-order valence-corrected chi connectivity index (χ2v) is 5.24. The molecule has 0 aliphatic rings. The lowest BCUT2D eigenvalue weighted by molar-refractivity contribution is -0.156. The van der Waals surface area contributed by atoms with Crippen molar-refractivity contribution in [2.75, 3.05) is 6.61 Å². The monoisotopic (exact) mass is 278 g/mol. The average molecular weight is 278 g/mol. The fraction of sp³-hybridized carbons (Fsp3) is 0.400. The van der Waals surface area contributed by atoms with Gasteiger partial charge in [-0.25, -0.2) is 4.79 Å². The van der Waals surface area contributed by atoms with Crippen LogP contribution >= 0.6 is 0 Å². The van der Waals surface area contributed by atoms with Crippen molar-refractivity contribution in [3.05, 3.63) is 35.9 Å². The molecule has 108 valence electrons. The maximum absolute atomic E-state index is 11.6. The molecule has 0 amide bonds. The predicted molar refractivity (Wildman–Crippen MR) is 72.2 cm³/mol. The Bertz CT molecular complexity index is 485. The Morgan fingerprint density at radius 1 is 1.05 bits per heavy atom. The molecular weight excluding hydrogens is 260 g/mol. The van der Waals surface area contributed by atoms with Crippen LogP contribution in [-0.2, 0) is 19.1 Å². The van der Waals surface area contributed by atoms with Gasteiger partial charge < -0.3 is 9.47 Å². The summed E-state index contributed by atoms with van der Waals surface area (Å²) < 4.78 is 9.82. The van der Waals surface area contributed by atoms with E-state index >= 15 is 0 Å². The lowest BCUT2D eigenvalue weighted by Gasteiger charge is -2.19. The molecule has 0 aliphatic carbocycles. The Labute approximate surface area is 117 Å². The van der Waals surface area contributed by atoms with E-state index in [0.717, 1.165) is 0 Å². The van der Waals surface area contributed by atoms with E-state index in [1.54, 1.807) is 51.1 Å². The minimum atomic E-state index is -0.641. The Hall–Kier alpha value is -2.17. The summed E-state index contributed by atoms with van der Waals surface area (Å²) in [6, 6.07) is 8.32. The summed E-state index contributed by atoms with van der Waals surface area (Å²) in [4.78, 5) is 34.5. The van der Waals surface area contributed by atoms with Crippen LogP contribution in [0, 0.1) is 0 Å². The second kappa shape index (κ2) is 6.84. The first-order valence-electron chi connectivity index (χ1n) is 6.23. The van der Waals surface area contributed by atoms with E-state index in [9.17, 15) is 14.4 Å². The van der Waals surface area contributed by atoms with Gasteiger partial charge in [-0.05, 0) is 32.9 Å². The summed E-state index contributed by atoms with van der Waals surface area (Å²) in [6.45, 7) is 4.70. The van der Waals surface area contributed by atoms with E-state index in [2.05, 4.69) is 0 Å². The van der Waals surface area contributed by atoms with Crippen LogP contribution in [0.1, 0.15) is 37.6 Å². The summed E-state index contributed by atoms with van der Waals surface area (Å²) in [5.74, 6) is -1.72. The molecule has 0 spiro atoms. The Morgan fingerprint density at radius 2 is 1.65 bits per heavy atom. The fourth-order valence-electron chi connectivity index (χ4n) is 1.39. The van der Waals surface area contributed by atoms with Gasteiger partial charge in [-0.2, -0.15) is 0 Å². The van der Waals surface area contributed by atoms with Gasteiger partial charge in [0.2, 0.25) is 0 Å². The fourth-order valence-corrected chi connectivity index (χ4v) is 1.39. The summed E-state index contributed by atoms with van der Waals surface area (Å²) in [6.07, 6.45) is -0.403. The number of ketones is 1. The summed E-state index contributed by atoms with van der Waals surface area (Å²) in [5, 5.41) is 0. The normalized spacial score (nSPS) is 10.8. The summed E-state index contributed by atoms with van der Waals surface area (Å²) in [5.41, 5.74) is -0.282. The van der Waals surface area contributed by atoms with Gasteiger partial charge in [0.15, 0.2) is 12.4 Å². The van der Waals surface area contributed by atoms with Crippen molar-refractivity contribution in [3.63, 3.8) is 0 Å². The summed E-state index contributed by atoms with van der Waals surface area (Å²) in [7, 11) is 0. The molecule has 0 aliphatic heterocycles. The molecule has 1 aromatic rings. The molecule has 20 heavy (non-hydrogen) atoms. The van der Waals surface area contributed by atoms with Gasteiger partial charge in [0.1, 0.15) is 12.0 Å². The van der Waals surface area contributed by atoms with Crippen LogP contribution in [0.2, 0.25) is 0 Å². The van der Waals surface area contributed by atoms with Gasteiger partial charge in [0.25, 0.3) is 0 Å². The topological polar surface area (TPSA) is 69.7 Å². The van der Waals surface area contributed by atoms with E-state index < -0.39 is 36.4 Å². The Kier molecular flexibility index (Phi) is 5.43. The van der Waals surface area contributed by atoms with Crippen molar-refractivity contribution in [2.24, 2.45) is 0 Å². The highest BCUT2D eigenvalue weighted by Gasteiger charge is 2.19. The molecule has 0 fully saturated rings. The van der Waals surface area contributed by atoms with Crippen molar-refractivity contribution in [1.82, 2.24) is 0 Å². The number of benzene rings is 1. The highest BCUT2D eigenvalue weighted by atomic mass is 16.6. The molecule has 0 heterocycles. The first-order valence-corrected chi connectivity index (χ1v) is 6.23. The molecular formula is C15H18O5. The molecule has 5 heteroatoms. The molecule has 0 N–H and O–H groups in total. The molecule has 0 aromatic heterocycles. The van der Waals surface area contributed by atoms with Gasteiger partial charge in [0.05, 0.1) is 5.56 Å². The predicted octanol–water partition coefficient (Wildman–Crippen LogP) is 2.14. The molecule has 0 bridgehead atoms. The van der Waals surface area contributed by atoms with Gasteiger partial charge in [-0.1, -0.05) is 18.2 Å². The summed E-state index contributed by atoms with van der Waals surface area (Å²) >= 11 is 0. The molecule has 5 nitrogen and oxygen atoms in total. The first-order chi connectivity index (χ1) is 9.28. The number of Topliss-reactive ketones (excluding diaryl/α,β-unsaturated/α-hetero) is 1. The van der Waals surface area contributed by atoms with E-state index in [1.807, 2.05) is 0 Å². The van der Waals surface area contributed by atoms with E-state index in [4.69, 9.17) is 9.47 Å². The van der Waals surface area contributed by atoms with Crippen LogP contribution in [0.15, 0.2) is 30.3 Å². The van der Waals surface area contributed by atoms with Gasteiger partial charge in [-0.15, -0.1) is 0 Å². The third-order valence-corrected chi connectivity index (χ3v) is 2.14. The van der Waals surface area contributed by atoms with E-state index in [0.29, 0.717) is 5.56 Å². The largest absolute Gasteiger partial charge is 0.460 e. The molecule has 0 saturated heterocycles. The van der Waals surface area contributed by atoms with Crippen molar-refractivity contribution in [2.45, 2.75) is 32.8 Å². The number of ether oxygens (including phenoxy) is 2. The first kappa shape index (κ1) is 15.9. The molecule has 1 aromatic carbocycles. The molecule has 0 saturated carbocycles. The van der Waals surface area contributed by atoms with Gasteiger partial charge in [-0.3, -0.25) is 9.59 Å². The van der Waals surface area contributed by atoms with Crippen LogP contribution in [0.4, 0.5) is 0 Å². The number of carbonyl (C=O) groups is 3. The van der Waals surface area contributed by atoms with Crippen molar-refractivity contribution in [1.29, 1.82) is 0 Å². The van der Waals surface area contributed by atoms with Crippen LogP contribution in [0.25, 0.3) is 0 Å². The maximum atomic E-state index is 11.6. The third kappa shape index (κ3) is 6.13. The molecule has 0 unspecified atom stereocenters. The van der Waals surface area contributed by atoms with Crippen LogP contribution in [0.3, 0.4) is 0 Å². The average Bonchev–Trinajstić information content (AvgIpc) is 2.34. The minimum absolute atomic E-state index is 0.359. The number of esters is 2. The van der Waals surface area contributed by atoms with Gasteiger partial charge in [0, 0.05) is 0 Å². The number of carbonyl (C=O) groups excluding carboxylic acids is 3. The number of hydrogen-bond acceptors (Lipinski definition) is 5. The minimum Gasteiger partial charge on any atom is -0.460 e. The zero-order valence-corrected chi connectivity index (χ0v) is 11.8. The van der Waals surface area contributed by atoms with Crippen molar-refractivity contribution in [3.8, 4) is 0 Å². The van der Waals surface area contributed by atoms with E-state index in [-0.39, 0.29) is 0 Å². The van der Waals surface area contributed by atoms with Crippen molar-refractivity contribution >= 4 is 17.7 Å². The van der Waals surface area contributed by atoms with Crippen LogP contribution < -0.4 is 0 Å². The molecule has 1 rings (SSSR count). The standard InChI is InChI=1S/C15H18O5/c1-15(2,3)20-13(17)9-12(16)10-19-14(18)11-7-5-4-6-8-11/h4-8H,9-10H2,1-3H3. The van der Waals surface area contributed by atoms with Crippen LogP contribution in [-0.4, -0.2) is 29.9 Å². The maximum Gasteiger partial charge on any atom is 0.338 e. The smallest absolute Gasteiger partial charge is 0.338 e. The van der Waals surface area contributed by atoms with Crippen LogP contribution in [0.5, 0.6) is 0 Å². The molecule has 0 atom stereocenters. The second-order valence-electron chi connectivity index (χ2n) is 5.24. The molecule has 0 radical (unpaired) electrons. The number of rotatable bonds is 5. The zero-order chi connectivity index (χ0) is 15.2. The van der Waals surface area contributed by atoms with Crippen molar-refractivity contribution < 1.29 is 23.9 Å². The van der Waals surface area contributed by atoms with Gasteiger partial charge >= 0.3 is 11.9 Å². The quantitative estimate of drug-likeness (QED) is 0.609. The SMILES string of the molecule is CC(C)(C)OC(=O)CC(=O)COC(=O)c1ccccc1. The van der Waals surface area contributed by atoms with E-state index in [1.165, 1.54) is 0 Å². The Morgan fingerprint density at radius 3 is 2.20 bits per heavy atom. The third-order valence-electron chi connectivity index (χ3n) is 2.14. The zero-order valence-electron chi connectivity index (χ0n) is 11.8. The highest BCUT2D eigenvalue weighted by Crippen LogP contribution is 2.08. The lowest BCUT2D eigenvalue weighted by Crippen LogP contribution is -2.26. The Balaban J connectivity index is 2.37. The number of hydrogen-bond donors (Lipinski definition) is 0. The lowest BCUT2D eigenvalue weighted by atomic mass is 10.2. The highest BCUT2D eigenvalue weighted by molar-refractivity contribution is 5.98.